The maximum absolute atomic E-state index is 7.06. The molecule has 4 aliphatic carbocycles. The highest BCUT2D eigenvalue weighted by Gasteiger charge is 2.60. The van der Waals surface area contributed by atoms with Crippen molar-refractivity contribution in [3.05, 3.63) is 23.3 Å². The van der Waals surface area contributed by atoms with Gasteiger partial charge in [0.15, 0.2) is 18.9 Å². The Hall–Kier alpha value is -0.760. The molecule has 0 N–H and O–H groups in total. The van der Waals surface area contributed by atoms with E-state index in [4.69, 9.17) is 28.4 Å². The molecule has 0 amide bonds. The molecule has 3 saturated carbocycles. The Bertz CT molecular complexity index is 1130. The van der Waals surface area contributed by atoms with Gasteiger partial charge in [-0.05, 0) is 139 Å². The van der Waals surface area contributed by atoms with Crippen molar-refractivity contribution in [2.24, 2.45) is 34.5 Å². The standard InChI is InChI=1S/C42H68O6/c1-29(13-12-22-40(2,3)48-39-16-8-11-26-45-39)33-19-20-34-32-18-17-30-27-31(46-37-14-6-9-24-43-37)28-36(47-38-15-7-10-25-44-38)42(30,5)35(32)21-23-41(33,34)4/h17-18,29,31,33-39H,6-16,19-28H2,1-5H3/t29-,31-,33-,34+,35+,36+,37?,38?,39?,41-,42+/m1/s1. The predicted octanol–water partition coefficient (Wildman–Crippen LogP) is 10.0. The summed E-state index contributed by atoms with van der Waals surface area (Å²) in [5.41, 5.74) is 3.53. The summed E-state index contributed by atoms with van der Waals surface area (Å²) in [6.45, 7) is 14.8. The van der Waals surface area contributed by atoms with Crippen LogP contribution in [0.4, 0.5) is 0 Å². The van der Waals surface area contributed by atoms with E-state index in [1.807, 2.05) is 0 Å². The molecule has 0 radical (unpaired) electrons. The molecule has 0 aromatic carbocycles. The molecule has 48 heavy (non-hydrogen) atoms. The molecule has 7 aliphatic rings. The fraction of sp³-hybridized carbons (Fsp3) is 0.905. The van der Waals surface area contributed by atoms with Crippen molar-refractivity contribution < 1.29 is 28.4 Å². The fourth-order valence-electron chi connectivity index (χ4n) is 11.6. The molecule has 6 nitrogen and oxygen atoms in total. The van der Waals surface area contributed by atoms with Gasteiger partial charge in [-0.15, -0.1) is 0 Å². The van der Waals surface area contributed by atoms with E-state index in [1.165, 1.54) is 64.2 Å². The largest absolute Gasteiger partial charge is 0.353 e. The van der Waals surface area contributed by atoms with Crippen LogP contribution >= 0.6 is 0 Å². The predicted molar refractivity (Wildman–Crippen MR) is 189 cm³/mol. The SMILES string of the molecule is C[C@H](CCCC(C)(C)OC1CCCCO1)[C@H]1CC[C@H]2C3=CC=C4C[C@@H](OC5CCCCO5)C[C@H](OC5CCCCO5)[C@]4(C)[C@H]3CC[C@]12C. The zero-order chi connectivity index (χ0) is 33.4. The maximum atomic E-state index is 7.06. The molecule has 3 saturated heterocycles. The molecule has 0 spiro atoms. The third-order valence-corrected chi connectivity index (χ3v) is 14.3. The van der Waals surface area contributed by atoms with Gasteiger partial charge in [-0.3, -0.25) is 0 Å². The van der Waals surface area contributed by atoms with E-state index in [9.17, 15) is 0 Å². The molecule has 0 aromatic heterocycles. The average Bonchev–Trinajstić information content (AvgIpc) is 3.44. The molecular weight excluding hydrogens is 600 g/mol. The molecule has 272 valence electrons. The van der Waals surface area contributed by atoms with E-state index in [0.29, 0.717) is 17.3 Å². The highest BCUT2D eigenvalue weighted by molar-refractivity contribution is 5.40. The van der Waals surface area contributed by atoms with Gasteiger partial charge >= 0.3 is 0 Å². The van der Waals surface area contributed by atoms with Gasteiger partial charge in [0.25, 0.3) is 0 Å². The monoisotopic (exact) mass is 669 g/mol. The van der Waals surface area contributed by atoms with Crippen LogP contribution in [0.1, 0.15) is 150 Å². The van der Waals surface area contributed by atoms with E-state index in [2.05, 4.69) is 46.8 Å². The van der Waals surface area contributed by atoms with Gasteiger partial charge in [0.2, 0.25) is 0 Å². The highest BCUT2D eigenvalue weighted by Crippen LogP contribution is 2.66. The van der Waals surface area contributed by atoms with Crippen molar-refractivity contribution in [1.29, 1.82) is 0 Å². The summed E-state index contributed by atoms with van der Waals surface area (Å²) in [7, 11) is 0. The first-order valence-corrected chi connectivity index (χ1v) is 20.4. The van der Waals surface area contributed by atoms with Crippen LogP contribution < -0.4 is 0 Å². The third kappa shape index (κ3) is 7.42. The topological polar surface area (TPSA) is 55.4 Å². The lowest BCUT2D eigenvalue weighted by atomic mass is 9.49. The van der Waals surface area contributed by atoms with Crippen LogP contribution in [0.2, 0.25) is 0 Å². The molecule has 6 heteroatoms. The van der Waals surface area contributed by atoms with Crippen molar-refractivity contribution in [2.75, 3.05) is 19.8 Å². The second-order valence-corrected chi connectivity index (χ2v) is 17.9. The second-order valence-electron chi connectivity index (χ2n) is 17.9. The summed E-state index contributed by atoms with van der Waals surface area (Å²) in [4.78, 5) is 0. The number of hydrogen-bond donors (Lipinski definition) is 0. The minimum atomic E-state index is -0.122. The lowest BCUT2D eigenvalue weighted by Gasteiger charge is -2.58. The van der Waals surface area contributed by atoms with E-state index >= 15 is 0 Å². The summed E-state index contributed by atoms with van der Waals surface area (Å²) >= 11 is 0. The van der Waals surface area contributed by atoms with E-state index < -0.39 is 0 Å². The van der Waals surface area contributed by atoms with Crippen LogP contribution in [-0.4, -0.2) is 56.5 Å². The minimum Gasteiger partial charge on any atom is -0.353 e. The Balaban J connectivity index is 1.03. The van der Waals surface area contributed by atoms with Gasteiger partial charge in [-0.1, -0.05) is 56.9 Å². The van der Waals surface area contributed by atoms with E-state index in [-0.39, 0.29) is 42.1 Å². The molecule has 11 atom stereocenters. The van der Waals surface area contributed by atoms with Gasteiger partial charge in [-0.2, -0.15) is 0 Å². The first-order valence-electron chi connectivity index (χ1n) is 20.4. The maximum Gasteiger partial charge on any atom is 0.158 e. The van der Waals surface area contributed by atoms with Gasteiger partial charge in [0, 0.05) is 31.7 Å². The normalized spacial score (nSPS) is 42.6. The number of rotatable bonds is 11. The summed E-state index contributed by atoms with van der Waals surface area (Å²) < 4.78 is 38.3. The lowest BCUT2D eigenvalue weighted by Crippen LogP contribution is -2.55. The highest BCUT2D eigenvalue weighted by atomic mass is 16.7. The smallest absolute Gasteiger partial charge is 0.158 e. The Labute approximate surface area is 292 Å². The first-order chi connectivity index (χ1) is 23.2. The van der Waals surface area contributed by atoms with Crippen LogP contribution in [0.25, 0.3) is 0 Å². The average molecular weight is 669 g/mol. The Morgan fingerprint density at radius 2 is 1.46 bits per heavy atom. The number of ether oxygens (including phenoxy) is 6. The summed E-state index contributed by atoms with van der Waals surface area (Å²) in [6.07, 6.45) is 26.2. The van der Waals surface area contributed by atoms with Crippen molar-refractivity contribution in [2.45, 2.75) is 187 Å². The van der Waals surface area contributed by atoms with Crippen molar-refractivity contribution in [3.63, 3.8) is 0 Å². The number of allylic oxidation sites excluding steroid dienone is 3. The summed E-state index contributed by atoms with van der Waals surface area (Å²) in [6, 6.07) is 0. The van der Waals surface area contributed by atoms with Gasteiger partial charge in [0.1, 0.15) is 0 Å². The molecule has 3 unspecified atom stereocenters. The Kier molecular flexibility index (Phi) is 11.2. The van der Waals surface area contributed by atoms with Crippen molar-refractivity contribution in [3.8, 4) is 0 Å². The first kappa shape index (κ1) is 35.6. The van der Waals surface area contributed by atoms with Crippen molar-refractivity contribution in [1.82, 2.24) is 0 Å². The Morgan fingerprint density at radius 3 is 2.12 bits per heavy atom. The molecule has 7 rings (SSSR count). The zero-order valence-corrected chi connectivity index (χ0v) is 31.1. The van der Waals surface area contributed by atoms with Gasteiger partial charge in [0.05, 0.1) is 17.8 Å². The third-order valence-electron chi connectivity index (χ3n) is 14.3. The molecule has 0 bridgehead atoms. The molecule has 3 aliphatic heterocycles. The lowest BCUT2D eigenvalue weighted by molar-refractivity contribution is -0.242. The number of hydrogen-bond acceptors (Lipinski definition) is 6. The van der Waals surface area contributed by atoms with Crippen molar-refractivity contribution >= 4 is 0 Å². The second kappa shape index (κ2) is 15.1. The van der Waals surface area contributed by atoms with Gasteiger partial charge < -0.3 is 28.4 Å². The zero-order valence-electron chi connectivity index (χ0n) is 31.1. The van der Waals surface area contributed by atoms with Crippen LogP contribution in [-0.2, 0) is 28.4 Å². The van der Waals surface area contributed by atoms with E-state index in [0.717, 1.165) is 83.0 Å². The number of fused-ring (bicyclic) bond motifs is 5. The van der Waals surface area contributed by atoms with Crippen LogP contribution in [0.3, 0.4) is 0 Å². The van der Waals surface area contributed by atoms with Crippen LogP contribution in [0.15, 0.2) is 23.3 Å². The van der Waals surface area contributed by atoms with Crippen LogP contribution in [0.5, 0.6) is 0 Å². The molecule has 3 heterocycles. The fourth-order valence-corrected chi connectivity index (χ4v) is 11.6. The quantitative estimate of drug-likeness (QED) is 0.218. The Morgan fingerprint density at radius 1 is 0.792 bits per heavy atom. The molecule has 6 fully saturated rings. The summed E-state index contributed by atoms with van der Waals surface area (Å²) in [5, 5.41) is 0. The molecule has 0 aromatic rings. The van der Waals surface area contributed by atoms with Gasteiger partial charge in [-0.25, -0.2) is 0 Å². The van der Waals surface area contributed by atoms with E-state index in [1.54, 1.807) is 11.1 Å². The summed E-state index contributed by atoms with van der Waals surface area (Å²) in [5.74, 6) is 2.75. The molecular formula is C42H68O6. The van der Waals surface area contributed by atoms with Crippen LogP contribution in [0, 0.1) is 34.5 Å². The minimum absolute atomic E-state index is 0.00314.